The fourth-order valence-corrected chi connectivity index (χ4v) is 7.88. The van der Waals surface area contributed by atoms with Gasteiger partial charge < -0.3 is 50.5 Å². The van der Waals surface area contributed by atoms with Gasteiger partial charge in [-0.25, -0.2) is 18.4 Å². The quantitative estimate of drug-likeness (QED) is 0.192. The SMILES string of the molecule is CC(O)[C@H]1C(=O)N[C@@H](C)C(=O)N2C[C@@H](C)C[C@H]2C(=O)O[C@@H](C)[C@H](NC(=O)[C@H](Cc2cc(F)cc(F)c2)NC(=O)Nc2ccc(OC(F)(F)F)cc2)C(=O)N2CCC[C@H]2C(=O)N1C. The molecule has 5 N–H and O–H groups in total. The normalized spacial score (nSPS) is 26.2. The van der Waals surface area contributed by atoms with Crippen molar-refractivity contribution in [3.05, 3.63) is 59.7 Å². The third kappa shape index (κ3) is 11.4. The van der Waals surface area contributed by atoms with E-state index in [9.17, 15) is 60.6 Å². The summed E-state index contributed by atoms with van der Waals surface area (Å²) in [7, 11) is 1.25. The van der Waals surface area contributed by atoms with E-state index in [0.29, 0.717) is 6.07 Å². The molecule has 0 bridgehead atoms. The van der Waals surface area contributed by atoms with Crippen LogP contribution in [-0.2, 0) is 39.9 Å². The maximum Gasteiger partial charge on any atom is 0.573 e. The number of ether oxygens (including phenoxy) is 2. The zero-order chi connectivity index (χ0) is 45.8. The number of benzene rings is 2. The topological polar surface area (TPSA) is 216 Å². The molecule has 17 nitrogen and oxygen atoms in total. The van der Waals surface area contributed by atoms with Gasteiger partial charge in [-0.1, -0.05) is 6.92 Å². The van der Waals surface area contributed by atoms with Crippen molar-refractivity contribution in [2.45, 2.75) is 108 Å². The van der Waals surface area contributed by atoms with E-state index in [4.69, 9.17) is 4.74 Å². The van der Waals surface area contributed by atoms with Gasteiger partial charge in [0.2, 0.25) is 29.5 Å². The Hall–Kier alpha value is -6.06. The monoisotopic (exact) mass is 881 g/mol. The highest BCUT2D eigenvalue weighted by Gasteiger charge is 2.47. The number of likely N-dealkylation sites (N-methyl/N-ethyl adjacent to an activating group) is 1. The number of alkyl halides is 3. The van der Waals surface area contributed by atoms with Crippen LogP contribution in [0.5, 0.6) is 5.75 Å². The Morgan fingerprint density at radius 1 is 0.952 bits per heavy atom. The molecule has 3 fully saturated rings. The van der Waals surface area contributed by atoms with Crippen LogP contribution in [0.1, 0.15) is 52.5 Å². The predicted octanol–water partition coefficient (Wildman–Crippen LogP) is 1.97. The molecule has 0 aliphatic carbocycles. The van der Waals surface area contributed by atoms with Crippen molar-refractivity contribution in [3.63, 3.8) is 0 Å². The molecule has 7 amide bonds. The highest BCUT2D eigenvalue weighted by molar-refractivity contribution is 5.98. The Kier molecular flexibility index (Phi) is 14.7. The Balaban J connectivity index is 1.49. The number of hydrogen-bond acceptors (Lipinski definition) is 10. The molecule has 1 unspecified atom stereocenters. The van der Waals surface area contributed by atoms with Gasteiger partial charge in [0.05, 0.1) is 6.10 Å². The molecule has 2 aromatic carbocycles. The molecule has 3 aliphatic heterocycles. The van der Waals surface area contributed by atoms with Crippen molar-refractivity contribution >= 4 is 47.2 Å². The summed E-state index contributed by atoms with van der Waals surface area (Å²) in [5.74, 6) is -8.21. The Morgan fingerprint density at radius 2 is 1.60 bits per heavy atom. The smallest absolute Gasteiger partial charge is 0.458 e. The van der Waals surface area contributed by atoms with Crippen molar-refractivity contribution < 1.29 is 70.1 Å². The van der Waals surface area contributed by atoms with Crippen LogP contribution in [0.15, 0.2) is 42.5 Å². The van der Waals surface area contributed by atoms with Crippen LogP contribution in [0.4, 0.5) is 32.4 Å². The van der Waals surface area contributed by atoms with Crippen molar-refractivity contribution in [2.75, 3.05) is 25.5 Å². The number of amides is 7. The summed E-state index contributed by atoms with van der Waals surface area (Å²) in [6.07, 6.45) is -8.05. The number of anilines is 1. The third-order valence-corrected chi connectivity index (χ3v) is 10.8. The minimum absolute atomic E-state index is 0.0411. The van der Waals surface area contributed by atoms with Crippen LogP contribution in [0.3, 0.4) is 0 Å². The van der Waals surface area contributed by atoms with Crippen LogP contribution in [0.25, 0.3) is 0 Å². The van der Waals surface area contributed by atoms with E-state index in [1.165, 1.54) is 32.7 Å². The first-order valence-corrected chi connectivity index (χ1v) is 19.8. The molecule has 9 atom stereocenters. The lowest BCUT2D eigenvalue weighted by atomic mass is 10.0. The molecule has 3 saturated heterocycles. The highest BCUT2D eigenvalue weighted by atomic mass is 19.4. The Bertz CT molecular complexity index is 2020. The minimum Gasteiger partial charge on any atom is -0.458 e. The van der Waals surface area contributed by atoms with Crippen molar-refractivity contribution in [1.82, 2.24) is 30.7 Å². The summed E-state index contributed by atoms with van der Waals surface area (Å²) in [4.78, 5) is 101. The second kappa shape index (κ2) is 19.3. The first kappa shape index (κ1) is 47.0. The summed E-state index contributed by atoms with van der Waals surface area (Å²) >= 11 is 0. The maximum atomic E-state index is 14.6. The molecule has 0 saturated carbocycles. The summed E-state index contributed by atoms with van der Waals surface area (Å²) < 4.78 is 76.2. The maximum absolute atomic E-state index is 14.6. The molecule has 0 spiro atoms. The van der Waals surface area contributed by atoms with Gasteiger partial charge in [-0.3, -0.25) is 24.0 Å². The zero-order valence-electron chi connectivity index (χ0n) is 34.3. The number of urea groups is 1. The number of carbonyl (C=O) groups excluding carboxylic acids is 7. The van der Waals surface area contributed by atoms with Gasteiger partial charge in [-0.15, -0.1) is 13.2 Å². The largest absolute Gasteiger partial charge is 0.573 e. The van der Waals surface area contributed by atoms with Gasteiger partial charge in [0.15, 0.2) is 0 Å². The molecule has 3 heterocycles. The number of esters is 1. The van der Waals surface area contributed by atoms with Crippen LogP contribution in [-0.4, -0.2) is 136 Å². The van der Waals surface area contributed by atoms with E-state index < -0.39 is 120 Å². The van der Waals surface area contributed by atoms with E-state index >= 15 is 0 Å². The summed E-state index contributed by atoms with van der Waals surface area (Å²) in [6, 6.07) is -3.54. The van der Waals surface area contributed by atoms with Crippen LogP contribution < -0.4 is 26.0 Å². The number of nitrogens with zero attached hydrogens (tertiary/aromatic N) is 3. The molecule has 0 radical (unpaired) electrons. The molecule has 0 aromatic heterocycles. The predicted molar refractivity (Wildman–Crippen MR) is 206 cm³/mol. The molecule has 2 aromatic rings. The Morgan fingerprint density at radius 3 is 2.21 bits per heavy atom. The van der Waals surface area contributed by atoms with E-state index in [-0.39, 0.29) is 49.5 Å². The number of fused-ring (bicyclic) bond motifs is 2. The van der Waals surface area contributed by atoms with Crippen molar-refractivity contribution in [3.8, 4) is 5.75 Å². The van der Waals surface area contributed by atoms with Crippen molar-refractivity contribution in [1.29, 1.82) is 0 Å². The molecule has 62 heavy (non-hydrogen) atoms. The number of aliphatic hydroxyl groups excluding tert-OH is 1. The number of rotatable bonds is 8. The second-order valence-electron chi connectivity index (χ2n) is 15.7. The Labute approximate surface area is 352 Å². The van der Waals surface area contributed by atoms with E-state index in [2.05, 4.69) is 26.0 Å². The zero-order valence-corrected chi connectivity index (χ0v) is 34.3. The van der Waals surface area contributed by atoms with E-state index in [1.54, 1.807) is 6.92 Å². The van der Waals surface area contributed by atoms with Crippen LogP contribution >= 0.6 is 0 Å². The van der Waals surface area contributed by atoms with Gasteiger partial charge in [-0.05, 0) is 87.9 Å². The summed E-state index contributed by atoms with van der Waals surface area (Å²) in [6.45, 7) is 5.75. The lowest BCUT2D eigenvalue weighted by Gasteiger charge is -2.37. The molecule has 3 aliphatic rings. The third-order valence-electron chi connectivity index (χ3n) is 10.8. The number of carbonyl (C=O) groups is 7. The first-order valence-electron chi connectivity index (χ1n) is 19.8. The molecular formula is C40H48F5N7O10. The summed E-state index contributed by atoms with van der Waals surface area (Å²) in [5, 5.41) is 20.4. The molecule has 338 valence electrons. The number of halogens is 5. The van der Waals surface area contributed by atoms with Gasteiger partial charge >= 0.3 is 18.4 Å². The average molecular weight is 882 g/mol. The van der Waals surface area contributed by atoms with E-state index in [1.807, 2.05) is 0 Å². The number of hydrogen-bond donors (Lipinski definition) is 5. The second-order valence-corrected chi connectivity index (χ2v) is 15.7. The minimum atomic E-state index is -4.99. The molecular weight excluding hydrogens is 833 g/mol. The number of aliphatic hydroxyl groups is 1. The first-order chi connectivity index (χ1) is 29.0. The van der Waals surface area contributed by atoms with Gasteiger partial charge in [0, 0.05) is 38.3 Å². The molecule has 5 rings (SSSR count). The highest BCUT2D eigenvalue weighted by Crippen LogP contribution is 2.28. The fraction of sp³-hybridized carbons (Fsp3) is 0.525. The van der Waals surface area contributed by atoms with Crippen LogP contribution in [0, 0.1) is 17.6 Å². The lowest BCUT2D eigenvalue weighted by molar-refractivity contribution is -0.274. The average Bonchev–Trinajstić information content (AvgIpc) is 3.82. The van der Waals surface area contributed by atoms with Gasteiger partial charge in [0.1, 0.15) is 59.7 Å². The van der Waals surface area contributed by atoms with Gasteiger partial charge in [0.25, 0.3) is 0 Å². The number of nitrogens with one attached hydrogen (secondary N) is 4. The van der Waals surface area contributed by atoms with Crippen LogP contribution in [0.2, 0.25) is 0 Å². The van der Waals surface area contributed by atoms with E-state index in [0.717, 1.165) is 46.2 Å². The number of cyclic esters (lactones) is 1. The van der Waals surface area contributed by atoms with Crippen molar-refractivity contribution in [2.24, 2.45) is 5.92 Å². The standard InChI is InChI=1S/C40H48F5N7O10/c1-19-13-30-38(59)61-22(4)31(37(58)51-12-6-7-29(51)36(57)50(5)32(21(3)53)34(55)46-20(2)35(56)52(30)18-19)49-33(54)28(16-23-14-24(41)17-25(42)15-23)48-39(60)47-26-8-10-27(11-9-26)62-40(43,44)45/h8-11,14-15,17,19-22,28-32,53H,6-7,12-13,16,18H2,1-5H3,(H,46,55)(H,49,54)(H2,47,48,60)/t19-,20-,21?,22-,28-,29-,30-,31-,32-/m0/s1. The molecule has 22 heteroatoms. The fourth-order valence-electron chi connectivity index (χ4n) is 7.88. The summed E-state index contributed by atoms with van der Waals surface area (Å²) in [5.41, 5.74) is -0.186. The lowest BCUT2D eigenvalue weighted by Crippen LogP contribution is -2.63. The van der Waals surface area contributed by atoms with Gasteiger partial charge in [-0.2, -0.15) is 0 Å².